The minimum Gasteiger partial charge on any atom is -0.340 e. The van der Waals surface area contributed by atoms with Gasteiger partial charge in [0, 0.05) is 38.6 Å². The molecule has 1 amide bonds. The van der Waals surface area contributed by atoms with Crippen LogP contribution in [0.25, 0.3) is 0 Å². The van der Waals surface area contributed by atoms with Gasteiger partial charge in [-0.15, -0.1) is 0 Å². The number of sulfonamides is 1. The van der Waals surface area contributed by atoms with Gasteiger partial charge >= 0.3 is 0 Å². The average molecular weight is 365 g/mol. The number of amides is 1. The van der Waals surface area contributed by atoms with Crippen molar-refractivity contribution in [2.45, 2.75) is 44.0 Å². The van der Waals surface area contributed by atoms with Crippen molar-refractivity contribution in [2.75, 3.05) is 32.7 Å². The first-order valence-electron chi connectivity index (χ1n) is 8.96. The quantitative estimate of drug-likeness (QED) is 0.873. The van der Waals surface area contributed by atoms with E-state index in [9.17, 15) is 13.2 Å². The van der Waals surface area contributed by atoms with Crippen molar-refractivity contribution in [3.05, 3.63) is 29.3 Å². The summed E-state index contributed by atoms with van der Waals surface area (Å²) in [5.41, 5.74) is 2.05. The fourth-order valence-corrected chi connectivity index (χ4v) is 4.98. The first-order valence-corrected chi connectivity index (χ1v) is 10.4. The van der Waals surface area contributed by atoms with Crippen molar-refractivity contribution in [1.29, 1.82) is 0 Å². The summed E-state index contributed by atoms with van der Waals surface area (Å²) < 4.78 is 27.1. The summed E-state index contributed by atoms with van der Waals surface area (Å²) in [6.45, 7) is 6.53. The number of aryl methyl sites for hydroxylation is 2. The van der Waals surface area contributed by atoms with Gasteiger partial charge < -0.3 is 10.2 Å². The highest BCUT2D eigenvalue weighted by atomic mass is 32.2. The Morgan fingerprint density at radius 3 is 2.48 bits per heavy atom. The lowest BCUT2D eigenvalue weighted by molar-refractivity contribution is -0.132. The summed E-state index contributed by atoms with van der Waals surface area (Å²) in [4.78, 5) is 14.5. The van der Waals surface area contributed by atoms with E-state index in [1.165, 1.54) is 4.31 Å². The van der Waals surface area contributed by atoms with Gasteiger partial charge in [0.2, 0.25) is 15.9 Å². The molecule has 2 aliphatic heterocycles. The van der Waals surface area contributed by atoms with Crippen LogP contribution in [-0.2, 0) is 14.8 Å². The van der Waals surface area contributed by atoms with Crippen LogP contribution in [0, 0.1) is 13.8 Å². The minimum absolute atomic E-state index is 0.127. The van der Waals surface area contributed by atoms with E-state index < -0.39 is 10.0 Å². The third-order valence-electron chi connectivity index (χ3n) is 5.29. The Labute approximate surface area is 150 Å². The SMILES string of the molecule is Cc1ccc(S(=O)(=O)N2CCN(C(=O)CC3CCCN3)CC2)cc1C. The Kier molecular flexibility index (Phi) is 5.46. The zero-order valence-corrected chi connectivity index (χ0v) is 15.8. The molecular formula is C18H27N3O3S. The van der Waals surface area contributed by atoms with Crippen LogP contribution >= 0.6 is 0 Å². The maximum absolute atomic E-state index is 12.8. The summed E-state index contributed by atoms with van der Waals surface area (Å²) in [6.07, 6.45) is 2.69. The van der Waals surface area contributed by atoms with Crippen LogP contribution in [0.15, 0.2) is 23.1 Å². The van der Waals surface area contributed by atoms with Crippen molar-refractivity contribution in [1.82, 2.24) is 14.5 Å². The molecule has 6 nitrogen and oxygen atoms in total. The lowest BCUT2D eigenvalue weighted by Crippen LogP contribution is -2.51. The number of benzene rings is 1. The van der Waals surface area contributed by atoms with E-state index in [1.807, 2.05) is 19.9 Å². The van der Waals surface area contributed by atoms with E-state index in [0.29, 0.717) is 37.5 Å². The molecule has 1 unspecified atom stereocenters. The summed E-state index contributed by atoms with van der Waals surface area (Å²) in [7, 11) is -3.49. The van der Waals surface area contributed by atoms with Gasteiger partial charge in [0.1, 0.15) is 0 Å². The fourth-order valence-electron chi connectivity index (χ4n) is 3.47. The molecule has 2 fully saturated rings. The van der Waals surface area contributed by atoms with Gasteiger partial charge in [-0.1, -0.05) is 6.07 Å². The third kappa shape index (κ3) is 4.04. The molecule has 2 heterocycles. The normalized spacial score (nSPS) is 22.3. The Morgan fingerprint density at radius 1 is 1.16 bits per heavy atom. The molecule has 2 aliphatic rings. The molecule has 0 aromatic heterocycles. The molecule has 1 aromatic carbocycles. The predicted molar refractivity (Wildman–Crippen MR) is 96.9 cm³/mol. The second-order valence-corrected chi connectivity index (χ2v) is 8.97. The van der Waals surface area contributed by atoms with Gasteiger partial charge in [0.15, 0.2) is 0 Å². The van der Waals surface area contributed by atoms with Crippen LogP contribution in [0.5, 0.6) is 0 Å². The smallest absolute Gasteiger partial charge is 0.243 e. The van der Waals surface area contributed by atoms with E-state index in [4.69, 9.17) is 0 Å². The van der Waals surface area contributed by atoms with Gasteiger partial charge in [-0.3, -0.25) is 4.79 Å². The summed E-state index contributed by atoms with van der Waals surface area (Å²) in [5, 5.41) is 3.34. The molecule has 2 saturated heterocycles. The van der Waals surface area contributed by atoms with Gasteiger partial charge in [-0.25, -0.2) is 8.42 Å². The van der Waals surface area contributed by atoms with Crippen molar-refractivity contribution < 1.29 is 13.2 Å². The minimum atomic E-state index is -3.49. The first-order chi connectivity index (χ1) is 11.9. The molecule has 0 saturated carbocycles. The van der Waals surface area contributed by atoms with Crippen LogP contribution in [0.3, 0.4) is 0 Å². The maximum Gasteiger partial charge on any atom is 0.243 e. The van der Waals surface area contributed by atoms with Gasteiger partial charge in [0.25, 0.3) is 0 Å². The molecule has 25 heavy (non-hydrogen) atoms. The van der Waals surface area contributed by atoms with Crippen LogP contribution in [-0.4, -0.2) is 62.3 Å². The van der Waals surface area contributed by atoms with E-state index in [-0.39, 0.29) is 11.9 Å². The monoisotopic (exact) mass is 365 g/mol. The van der Waals surface area contributed by atoms with Crippen molar-refractivity contribution in [3.8, 4) is 0 Å². The van der Waals surface area contributed by atoms with Gasteiger partial charge in [-0.2, -0.15) is 4.31 Å². The van der Waals surface area contributed by atoms with Crippen molar-refractivity contribution >= 4 is 15.9 Å². The third-order valence-corrected chi connectivity index (χ3v) is 7.19. The fraction of sp³-hybridized carbons (Fsp3) is 0.611. The lowest BCUT2D eigenvalue weighted by atomic mass is 10.1. The van der Waals surface area contributed by atoms with E-state index in [0.717, 1.165) is 30.5 Å². The van der Waals surface area contributed by atoms with E-state index in [1.54, 1.807) is 17.0 Å². The lowest BCUT2D eigenvalue weighted by Gasteiger charge is -2.34. The van der Waals surface area contributed by atoms with E-state index >= 15 is 0 Å². The highest BCUT2D eigenvalue weighted by Crippen LogP contribution is 2.21. The second-order valence-electron chi connectivity index (χ2n) is 7.03. The number of hydrogen-bond donors (Lipinski definition) is 1. The Balaban J connectivity index is 1.60. The number of nitrogens with one attached hydrogen (secondary N) is 1. The standard InChI is InChI=1S/C18H27N3O3S/c1-14-5-6-17(12-15(14)2)25(23,24)21-10-8-20(9-11-21)18(22)13-16-4-3-7-19-16/h5-6,12,16,19H,3-4,7-11,13H2,1-2H3. The molecule has 0 radical (unpaired) electrons. The molecule has 3 rings (SSSR count). The molecule has 1 N–H and O–H groups in total. The highest BCUT2D eigenvalue weighted by Gasteiger charge is 2.31. The largest absolute Gasteiger partial charge is 0.340 e. The molecule has 138 valence electrons. The van der Waals surface area contributed by atoms with Gasteiger partial charge in [0.05, 0.1) is 4.90 Å². The number of hydrogen-bond acceptors (Lipinski definition) is 4. The summed E-state index contributed by atoms with van der Waals surface area (Å²) in [5.74, 6) is 0.127. The second kappa shape index (κ2) is 7.43. The Morgan fingerprint density at radius 2 is 1.88 bits per heavy atom. The molecule has 0 bridgehead atoms. The topological polar surface area (TPSA) is 69.7 Å². The number of carbonyl (C=O) groups excluding carboxylic acids is 1. The number of nitrogens with zero attached hydrogens (tertiary/aromatic N) is 2. The maximum atomic E-state index is 12.8. The van der Waals surface area contributed by atoms with Crippen molar-refractivity contribution in [3.63, 3.8) is 0 Å². The zero-order valence-electron chi connectivity index (χ0n) is 15.0. The van der Waals surface area contributed by atoms with Crippen molar-refractivity contribution in [2.24, 2.45) is 0 Å². The molecule has 1 aromatic rings. The number of carbonyl (C=O) groups is 1. The first kappa shape index (κ1) is 18.4. The molecular weight excluding hydrogens is 338 g/mol. The Bertz CT molecular complexity index is 734. The molecule has 1 atom stereocenters. The highest BCUT2D eigenvalue weighted by molar-refractivity contribution is 7.89. The number of piperazine rings is 1. The molecule has 7 heteroatoms. The van der Waals surface area contributed by atoms with Gasteiger partial charge in [-0.05, 0) is 56.5 Å². The van der Waals surface area contributed by atoms with Crippen LogP contribution in [0.4, 0.5) is 0 Å². The Hall–Kier alpha value is -1.44. The number of rotatable bonds is 4. The zero-order chi connectivity index (χ0) is 18.0. The molecule has 0 aliphatic carbocycles. The summed E-state index contributed by atoms with van der Waals surface area (Å²) in [6, 6.07) is 5.52. The van der Waals surface area contributed by atoms with Crippen LogP contribution in [0.2, 0.25) is 0 Å². The summed E-state index contributed by atoms with van der Waals surface area (Å²) >= 11 is 0. The average Bonchev–Trinajstić information content (AvgIpc) is 3.10. The molecule has 0 spiro atoms. The van der Waals surface area contributed by atoms with Crippen LogP contribution in [0.1, 0.15) is 30.4 Å². The predicted octanol–water partition coefficient (Wildman–Crippen LogP) is 1.28. The van der Waals surface area contributed by atoms with Crippen LogP contribution < -0.4 is 5.32 Å². The van der Waals surface area contributed by atoms with E-state index in [2.05, 4.69) is 5.32 Å².